The van der Waals surface area contributed by atoms with Gasteiger partial charge in [-0.2, -0.15) is 10.2 Å². The fourth-order valence-corrected chi connectivity index (χ4v) is 4.53. The van der Waals surface area contributed by atoms with E-state index in [0.717, 1.165) is 0 Å². The minimum atomic E-state index is -0.818. The first-order chi connectivity index (χ1) is 17.3. The van der Waals surface area contributed by atoms with E-state index < -0.39 is 24.1 Å². The number of hydrogen-bond acceptors (Lipinski definition) is 8. The van der Waals surface area contributed by atoms with Crippen molar-refractivity contribution < 1.29 is 28.5 Å². The summed E-state index contributed by atoms with van der Waals surface area (Å²) in [4.78, 5) is 25.0. The monoisotopic (exact) mass is 528 g/mol. The summed E-state index contributed by atoms with van der Waals surface area (Å²) in [6.07, 6.45) is -1.64. The third-order valence-corrected chi connectivity index (χ3v) is 6.44. The molecule has 0 saturated carbocycles. The van der Waals surface area contributed by atoms with Crippen LogP contribution in [0.15, 0.2) is 81.4 Å². The first kappa shape index (κ1) is 25.5. The van der Waals surface area contributed by atoms with E-state index in [1.54, 1.807) is 62.4 Å². The third-order valence-electron chi connectivity index (χ3n) is 5.75. The zero-order chi connectivity index (χ0) is 26.0. The lowest BCUT2D eigenvalue weighted by molar-refractivity contribution is -0.143. The number of cyclic esters (lactones) is 2. The lowest BCUT2D eigenvalue weighted by atomic mass is 9.98. The molecule has 0 aliphatic carbocycles. The molecule has 0 fully saturated rings. The second-order valence-corrected chi connectivity index (χ2v) is 8.69. The molecular weight excluding hydrogens is 507 g/mol. The molecule has 2 heterocycles. The van der Waals surface area contributed by atoms with Crippen LogP contribution in [0.5, 0.6) is 0 Å². The molecule has 2 aromatic rings. The van der Waals surface area contributed by atoms with Gasteiger partial charge in [-0.1, -0.05) is 59.6 Å². The number of benzene rings is 2. The molecule has 186 valence electrons. The summed E-state index contributed by atoms with van der Waals surface area (Å²) < 4.78 is 21.7. The molecule has 0 saturated heterocycles. The number of esters is 2. The Hall–Kier alpha value is -3.62. The normalized spacial score (nSPS) is 20.6. The Bertz CT molecular complexity index is 1260. The van der Waals surface area contributed by atoms with Crippen LogP contribution in [0.4, 0.5) is 0 Å². The van der Waals surface area contributed by atoms with E-state index in [4.69, 9.17) is 42.1 Å². The number of hydrogen-bond donors (Lipinski definition) is 0. The van der Waals surface area contributed by atoms with E-state index in [-0.39, 0.29) is 11.5 Å². The number of ether oxygens (including phenoxy) is 4. The van der Waals surface area contributed by atoms with Crippen molar-refractivity contribution in [1.29, 1.82) is 0 Å². The predicted molar refractivity (Wildman–Crippen MR) is 135 cm³/mol. The van der Waals surface area contributed by atoms with E-state index in [1.165, 1.54) is 14.2 Å². The third kappa shape index (κ3) is 4.62. The molecule has 2 aromatic carbocycles. The first-order valence-electron chi connectivity index (χ1n) is 10.8. The minimum absolute atomic E-state index is 0.0131. The van der Waals surface area contributed by atoms with Gasteiger partial charge in [-0.25, -0.2) is 9.59 Å². The van der Waals surface area contributed by atoms with Crippen molar-refractivity contribution in [2.24, 2.45) is 10.2 Å². The summed E-state index contributed by atoms with van der Waals surface area (Å²) in [5.41, 5.74) is 2.69. The Morgan fingerprint density at radius 3 is 1.42 bits per heavy atom. The van der Waals surface area contributed by atoms with E-state index in [2.05, 4.69) is 10.2 Å². The smallest absolute Gasteiger partial charge is 0.375 e. The number of nitrogens with zero attached hydrogens (tertiary/aromatic N) is 2. The highest BCUT2D eigenvalue weighted by molar-refractivity contribution is 6.32. The molecule has 0 spiro atoms. The Balaban J connectivity index is 1.76. The van der Waals surface area contributed by atoms with E-state index in [0.29, 0.717) is 43.7 Å². The van der Waals surface area contributed by atoms with Crippen LogP contribution in [-0.4, -0.2) is 37.6 Å². The van der Waals surface area contributed by atoms with Gasteiger partial charge in [0.05, 0.1) is 36.8 Å². The number of carbonyl (C=O) groups excluding carboxylic acids is 2. The van der Waals surface area contributed by atoms with Crippen molar-refractivity contribution in [3.63, 3.8) is 0 Å². The summed E-state index contributed by atoms with van der Waals surface area (Å²) in [6.45, 7) is 3.34. The lowest BCUT2D eigenvalue weighted by Gasteiger charge is -2.16. The van der Waals surface area contributed by atoms with Crippen LogP contribution < -0.4 is 0 Å². The molecule has 0 bridgehead atoms. The van der Waals surface area contributed by atoms with Crippen LogP contribution in [0.25, 0.3) is 0 Å². The number of methoxy groups -OCH3 is 2. The van der Waals surface area contributed by atoms with Gasteiger partial charge in [0.2, 0.25) is 11.5 Å². The summed E-state index contributed by atoms with van der Waals surface area (Å²) >= 11 is 12.7. The molecule has 2 aliphatic rings. The molecular formula is C26H22Cl2N2O6. The Kier molecular flexibility index (Phi) is 7.47. The zero-order valence-electron chi connectivity index (χ0n) is 19.9. The maximum absolute atomic E-state index is 12.5. The lowest BCUT2D eigenvalue weighted by Crippen LogP contribution is -2.11. The largest absolute Gasteiger partial charge is 0.490 e. The fraction of sp³-hybridized carbons (Fsp3) is 0.231. The van der Waals surface area contributed by atoms with Crippen LogP contribution in [0.3, 0.4) is 0 Å². The summed E-state index contributed by atoms with van der Waals surface area (Å²) in [5.74, 6) is -1.24. The topological polar surface area (TPSA) is 95.8 Å². The minimum Gasteiger partial charge on any atom is -0.490 e. The molecule has 4 rings (SSSR count). The van der Waals surface area contributed by atoms with Gasteiger partial charge in [0.25, 0.3) is 0 Å². The predicted octanol–water partition coefficient (Wildman–Crippen LogP) is 5.53. The van der Waals surface area contributed by atoms with Crippen LogP contribution in [0.2, 0.25) is 10.0 Å². The Morgan fingerprint density at radius 2 is 1.08 bits per heavy atom. The van der Waals surface area contributed by atoms with Gasteiger partial charge in [0.15, 0.2) is 12.2 Å². The molecule has 2 unspecified atom stereocenters. The average molecular weight is 529 g/mol. The Labute approximate surface area is 217 Å². The highest BCUT2D eigenvalue weighted by atomic mass is 35.5. The van der Waals surface area contributed by atoms with Crippen molar-refractivity contribution in [2.75, 3.05) is 14.2 Å². The van der Waals surface area contributed by atoms with E-state index >= 15 is 0 Å². The van der Waals surface area contributed by atoms with Gasteiger partial charge in [0, 0.05) is 21.2 Å². The standard InChI is InChI=1S/C26H22Cl2N2O6/c1-13(19-21(35-25(31)23(19)33-3)15-9-5-7-11-17(15)27)29-30-14(2)20-22(36-26(32)24(20)34-4)16-10-6-8-12-18(16)28/h5-12,21-22H,1-4H3. The van der Waals surface area contributed by atoms with Crippen LogP contribution in [0.1, 0.15) is 37.2 Å². The molecule has 2 aliphatic heterocycles. The molecule has 0 amide bonds. The van der Waals surface area contributed by atoms with Crippen molar-refractivity contribution in [3.8, 4) is 0 Å². The second kappa shape index (κ2) is 10.6. The van der Waals surface area contributed by atoms with Crippen molar-refractivity contribution >= 4 is 46.6 Å². The average Bonchev–Trinajstić information content (AvgIpc) is 3.38. The van der Waals surface area contributed by atoms with Gasteiger partial charge in [-0.05, 0) is 26.0 Å². The SMILES string of the molecule is COC1=C(C(C)=NN=C(C)C2=C(OC)C(=O)OC2c2ccccc2Cl)C(c2ccccc2Cl)OC1=O. The summed E-state index contributed by atoms with van der Waals surface area (Å²) in [5, 5.41) is 9.52. The van der Waals surface area contributed by atoms with Gasteiger partial charge in [-0.15, -0.1) is 0 Å². The highest BCUT2D eigenvalue weighted by Gasteiger charge is 2.40. The number of halogens is 2. The highest BCUT2D eigenvalue weighted by Crippen LogP contribution is 2.41. The van der Waals surface area contributed by atoms with Gasteiger partial charge < -0.3 is 18.9 Å². The van der Waals surface area contributed by atoms with Crippen LogP contribution in [0, 0.1) is 0 Å². The van der Waals surface area contributed by atoms with Crippen LogP contribution >= 0.6 is 23.2 Å². The zero-order valence-corrected chi connectivity index (χ0v) is 21.4. The molecule has 0 N–H and O–H groups in total. The van der Waals surface area contributed by atoms with Crippen molar-refractivity contribution in [1.82, 2.24) is 0 Å². The maximum Gasteiger partial charge on any atom is 0.375 e. The molecule has 36 heavy (non-hydrogen) atoms. The summed E-state index contributed by atoms with van der Waals surface area (Å²) in [6, 6.07) is 14.0. The van der Waals surface area contributed by atoms with Crippen LogP contribution in [-0.2, 0) is 28.5 Å². The van der Waals surface area contributed by atoms with Crippen molar-refractivity contribution in [3.05, 3.63) is 92.4 Å². The number of rotatable bonds is 7. The molecule has 0 aromatic heterocycles. The van der Waals surface area contributed by atoms with Gasteiger partial charge in [-0.3, -0.25) is 0 Å². The fourth-order valence-electron chi connectivity index (χ4n) is 4.06. The van der Waals surface area contributed by atoms with E-state index in [9.17, 15) is 9.59 Å². The number of carbonyl (C=O) groups is 2. The molecule has 0 radical (unpaired) electrons. The second-order valence-electron chi connectivity index (χ2n) is 7.88. The van der Waals surface area contributed by atoms with Gasteiger partial charge in [0.1, 0.15) is 0 Å². The quantitative estimate of drug-likeness (QED) is 0.266. The molecule has 8 nitrogen and oxygen atoms in total. The summed E-state index contributed by atoms with van der Waals surface area (Å²) in [7, 11) is 2.75. The van der Waals surface area contributed by atoms with Gasteiger partial charge >= 0.3 is 11.9 Å². The molecule has 2 atom stereocenters. The Morgan fingerprint density at radius 1 is 0.722 bits per heavy atom. The van der Waals surface area contributed by atoms with Crippen molar-refractivity contribution in [2.45, 2.75) is 26.1 Å². The first-order valence-corrected chi connectivity index (χ1v) is 11.6. The van der Waals surface area contributed by atoms with E-state index in [1.807, 2.05) is 0 Å². The maximum atomic E-state index is 12.5. The molecule has 10 heteroatoms.